The quantitative estimate of drug-likeness (QED) is 0.529. The van der Waals surface area contributed by atoms with Gasteiger partial charge in [0.1, 0.15) is 11.6 Å². The van der Waals surface area contributed by atoms with Crippen LogP contribution in [-0.2, 0) is 13.0 Å². The molecule has 2 rings (SSSR count). The van der Waals surface area contributed by atoms with Crippen LogP contribution < -0.4 is 4.74 Å². The number of hydrogen-bond donors (Lipinski definition) is 1. The van der Waals surface area contributed by atoms with Gasteiger partial charge in [0.2, 0.25) is 0 Å². The van der Waals surface area contributed by atoms with Crippen molar-refractivity contribution in [3.8, 4) is 16.9 Å². The highest BCUT2D eigenvalue weighted by atomic mass is 19.4. The van der Waals surface area contributed by atoms with Crippen molar-refractivity contribution in [1.82, 2.24) is 0 Å². The second-order valence-electron chi connectivity index (χ2n) is 7.79. The van der Waals surface area contributed by atoms with Crippen LogP contribution >= 0.6 is 0 Å². The third-order valence-corrected chi connectivity index (χ3v) is 4.58. The van der Waals surface area contributed by atoms with Crippen molar-refractivity contribution in [2.24, 2.45) is 5.41 Å². The van der Waals surface area contributed by atoms with Gasteiger partial charge in [0.15, 0.2) is 6.61 Å². The van der Waals surface area contributed by atoms with Crippen molar-refractivity contribution in [3.05, 3.63) is 53.3 Å². The summed E-state index contributed by atoms with van der Waals surface area (Å²) in [7, 11) is 0. The normalized spacial score (nSPS) is 12.3. The third-order valence-electron chi connectivity index (χ3n) is 4.58. The zero-order chi connectivity index (χ0) is 20.9. The fourth-order valence-corrected chi connectivity index (χ4v) is 3.40. The Labute approximate surface area is 163 Å². The van der Waals surface area contributed by atoms with Gasteiger partial charge in [-0.3, -0.25) is 0 Å². The fraction of sp³-hybridized carbons (Fsp3) is 0.455. The topological polar surface area (TPSA) is 29.5 Å². The molecule has 0 aromatic heterocycles. The van der Waals surface area contributed by atoms with Gasteiger partial charge < -0.3 is 9.84 Å². The van der Waals surface area contributed by atoms with Gasteiger partial charge in [-0.2, -0.15) is 13.2 Å². The largest absolute Gasteiger partial charge is 0.484 e. The average Bonchev–Trinajstić information content (AvgIpc) is 2.60. The van der Waals surface area contributed by atoms with Crippen LogP contribution in [0.5, 0.6) is 5.75 Å². The van der Waals surface area contributed by atoms with E-state index >= 15 is 0 Å². The Hall–Kier alpha value is -2.08. The molecule has 0 amide bonds. The third kappa shape index (κ3) is 6.23. The SMILES string of the molecule is CCCC(C)(C)Cc1cc(CO)ccc1-c1cc(OCC(F)(F)F)ccc1F. The van der Waals surface area contributed by atoms with E-state index in [0.29, 0.717) is 17.5 Å². The molecule has 0 fully saturated rings. The molecule has 0 unspecified atom stereocenters. The molecule has 6 heteroatoms. The van der Waals surface area contributed by atoms with E-state index in [-0.39, 0.29) is 23.3 Å². The molecular formula is C22H26F4O2. The summed E-state index contributed by atoms with van der Waals surface area (Å²) in [4.78, 5) is 0. The second kappa shape index (κ2) is 8.95. The van der Waals surface area contributed by atoms with Gasteiger partial charge in [-0.25, -0.2) is 4.39 Å². The predicted molar refractivity (Wildman–Crippen MR) is 102 cm³/mol. The smallest absolute Gasteiger partial charge is 0.422 e. The molecule has 0 atom stereocenters. The van der Waals surface area contributed by atoms with Crippen molar-refractivity contribution >= 4 is 0 Å². The monoisotopic (exact) mass is 398 g/mol. The number of rotatable bonds is 8. The number of aliphatic hydroxyl groups excluding tert-OH is 1. The van der Waals surface area contributed by atoms with Gasteiger partial charge in [0, 0.05) is 5.56 Å². The van der Waals surface area contributed by atoms with Crippen molar-refractivity contribution in [2.75, 3.05) is 6.61 Å². The average molecular weight is 398 g/mol. The lowest BCUT2D eigenvalue weighted by molar-refractivity contribution is -0.153. The Kier molecular flexibility index (Phi) is 7.10. The molecule has 2 aromatic carbocycles. The molecule has 0 aliphatic carbocycles. The zero-order valence-electron chi connectivity index (χ0n) is 16.4. The zero-order valence-corrected chi connectivity index (χ0v) is 16.4. The number of ether oxygens (including phenoxy) is 1. The van der Waals surface area contributed by atoms with E-state index < -0.39 is 18.6 Å². The Balaban J connectivity index is 2.45. The molecule has 0 bridgehead atoms. The Morgan fingerprint density at radius 3 is 2.32 bits per heavy atom. The van der Waals surface area contributed by atoms with E-state index in [0.717, 1.165) is 24.5 Å². The Morgan fingerprint density at radius 2 is 1.71 bits per heavy atom. The van der Waals surface area contributed by atoms with E-state index in [9.17, 15) is 22.7 Å². The highest BCUT2D eigenvalue weighted by molar-refractivity contribution is 5.70. The van der Waals surface area contributed by atoms with Crippen molar-refractivity contribution in [2.45, 2.75) is 52.8 Å². The summed E-state index contributed by atoms with van der Waals surface area (Å²) in [6.07, 6.45) is -1.85. The summed E-state index contributed by atoms with van der Waals surface area (Å²) in [6.45, 7) is 4.75. The molecule has 0 spiro atoms. The maximum absolute atomic E-state index is 14.5. The van der Waals surface area contributed by atoms with Crippen molar-refractivity contribution < 1.29 is 27.4 Å². The molecule has 0 radical (unpaired) electrons. The molecule has 0 saturated heterocycles. The lowest BCUT2D eigenvalue weighted by atomic mass is 9.79. The summed E-state index contributed by atoms with van der Waals surface area (Å²) in [6, 6.07) is 8.82. The van der Waals surface area contributed by atoms with Gasteiger partial charge >= 0.3 is 6.18 Å². The van der Waals surface area contributed by atoms with E-state index in [1.165, 1.54) is 12.1 Å². The molecule has 0 saturated carbocycles. The molecule has 2 aromatic rings. The van der Waals surface area contributed by atoms with Crippen LogP contribution in [0.3, 0.4) is 0 Å². The van der Waals surface area contributed by atoms with E-state index in [2.05, 4.69) is 20.8 Å². The molecule has 28 heavy (non-hydrogen) atoms. The molecule has 0 aliphatic heterocycles. The first-order chi connectivity index (χ1) is 13.0. The highest BCUT2D eigenvalue weighted by Crippen LogP contribution is 2.36. The lowest BCUT2D eigenvalue weighted by Gasteiger charge is -2.26. The van der Waals surface area contributed by atoms with Crippen LogP contribution in [0.25, 0.3) is 11.1 Å². The van der Waals surface area contributed by atoms with Gasteiger partial charge in [0.25, 0.3) is 0 Å². The standard InChI is InChI=1S/C22H26F4O2/c1-4-9-21(2,3)12-16-10-15(13-27)5-7-18(16)19-11-17(6-8-20(19)23)28-14-22(24,25)26/h5-8,10-11,27H,4,9,12-14H2,1-3H3. The number of aliphatic hydroxyl groups is 1. The maximum Gasteiger partial charge on any atom is 0.422 e. The minimum absolute atomic E-state index is 0.0428. The molecule has 2 nitrogen and oxygen atoms in total. The van der Waals surface area contributed by atoms with Crippen molar-refractivity contribution in [3.63, 3.8) is 0 Å². The number of halogens is 4. The summed E-state index contributed by atoms with van der Waals surface area (Å²) >= 11 is 0. The number of hydrogen-bond acceptors (Lipinski definition) is 2. The Morgan fingerprint density at radius 1 is 1.00 bits per heavy atom. The summed E-state index contributed by atoms with van der Waals surface area (Å²) in [5.74, 6) is -0.579. The van der Waals surface area contributed by atoms with Crippen LogP contribution in [0.1, 0.15) is 44.7 Å². The van der Waals surface area contributed by atoms with Gasteiger partial charge in [0.05, 0.1) is 6.61 Å². The summed E-state index contributed by atoms with van der Waals surface area (Å²) in [5, 5.41) is 9.47. The van der Waals surface area contributed by atoms with Crippen LogP contribution in [-0.4, -0.2) is 17.9 Å². The van der Waals surface area contributed by atoms with Gasteiger partial charge in [-0.1, -0.05) is 45.4 Å². The van der Waals surface area contributed by atoms with Crippen molar-refractivity contribution in [1.29, 1.82) is 0 Å². The highest BCUT2D eigenvalue weighted by Gasteiger charge is 2.28. The van der Waals surface area contributed by atoms with E-state index in [1.807, 2.05) is 6.07 Å². The minimum Gasteiger partial charge on any atom is -0.484 e. The predicted octanol–water partition coefficient (Wildman–Crippen LogP) is 6.29. The molecule has 1 N–H and O–H groups in total. The first-order valence-electron chi connectivity index (χ1n) is 9.27. The number of alkyl halides is 3. The fourth-order valence-electron chi connectivity index (χ4n) is 3.40. The van der Waals surface area contributed by atoms with Crippen LogP contribution in [0, 0.1) is 11.2 Å². The molecule has 154 valence electrons. The lowest BCUT2D eigenvalue weighted by Crippen LogP contribution is -2.19. The molecule has 0 heterocycles. The first kappa shape index (κ1) is 22.2. The van der Waals surface area contributed by atoms with E-state index in [1.54, 1.807) is 12.1 Å². The molecule has 0 aliphatic rings. The minimum atomic E-state index is -4.47. The van der Waals surface area contributed by atoms with Crippen LogP contribution in [0.15, 0.2) is 36.4 Å². The second-order valence-corrected chi connectivity index (χ2v) is 7.79. The van der Waals surface area contributed by atoms with Crippen LogP contribution in [0.2, 0.25) is 0 Å². The first-order valence-corrected chi connectivity index (χ1v) is 9.27. The van der Waals surface area contributed by atoms with E-state index in [4.69, 9.17) is 4.74 Å². The summed E-state index contributed by atoms with van der Waals surface area (Å²) in [5.41, 5.74) is 2.29. The van der Waals surface area contributed by atoms with Crippen LogP contribution in [0.4, 0.5) is 17.6 Å². The number of benzene rings is 2. The van der Waals surface area contributed by atoms with Gasteiger partial charge in [-0.15, -0.1) is 0 Å². The molecular weight excluding hydrogens is 372 g/mol. The van der Waals surface area contributed by atoms with Gasteiger partial charge in [-0.05, 0) is 53.1 Å². The Bertz CT molecular complexity index is 798. The maximum atomic E-state index is 14.5. The summed E-state index contributed by atoms with van der Waals surface area (Å²) < 4.78 is 56.6.